The van der Waals surface area contributed by atoms with Crippen molar-refractivity contribution >= 4 is 17.0 Å². The second-order valence-corrected chi connectivity index (χ2v) is 6.99. The number of carbonyl (C=O) groups excluding carboxylic acids is 1. The minimum Gasteiger partial charge on any atom is -0.469 e. The monoisotopic (exact) mass is 357 g/mol. The number of ether oxygens (including phenoxy) is 1. The van der Waals surface area contributed by atoms with Crippen LogP contribution in [0.25, 0.3) is 0 Å². The highest BCUT2D eigenvalue weighted by molar-refractivity contribution is 7.83. The molecule has 5 heteroatoms. The van der Waals surface area contributed by atoms with Gasteiger partial charge in [-0.05, 0) is 31.0 Å². The van der Waals surface area contributed by atoms with Gasteiger partial charge in [-0.25, -0.2) is 8.93 Å². The molecule has 25 heavy (non-hydrogen) atoms. The van der Waals surface area contributed by atoms with E-state index in [1.54, 1.807) is 6.08 Å². The van der Waals surface area contributed by atoms with E-state index in [1.165, 1.54) is 7.11 Å². The first kappa shape index (κ1) is 19.1. The quantitative estimate of drug-likeness (QED) is 0.579. The van der Waals surface area contributed by atoms with Crippen molar-refractivity contribution in [3.05, 3.63) is 78.4 Å². The summed E-state index contributed by atoms with van der Waals surface area (Å²) in [5.41, 5.74) is 1.97. The Morgan fingerprint density at radius 2 is 1.84 bits per heavy atom. The van der Waals surface area contributed by atoms with E-state index >= 15 is 0 Å². The van der Waals surface area contributed by atoms with Crippen molar-refractivity contribution in [1.82, 2.24) is 4.72 Å². The maximum absolute atomic E-state index is 12.8. The smallest absolute Gasteiger partial charge is 0.310 e. The van der Waals surface area contributed by atoms with E-state index in [0.717, 1.165) is 11.1 Å². The molecule has 0 aliphatic heterocycles. The van der Waals surface area contributed by atoms with Gasteiger partial charge in [0.1, 0.15) is 11.0 Å². The summed E-state index contributed by atoms with van der Waals surface area (Å²) in [6.07, 6.45) is 2.10. The van der Waals surface area contributed by atoms with Gasteiger partial charge in [-0.2, -0.15) is 0 Å². The van der Waals surface area contributed by atoms with Gasteiger partial charge in [0.15, 0.2) is 0 Å². The number of aryl methyl sites for hydroxylation is 1. The van der Waals surface area contributed by atoms with E-state index < -0.39 is 22.9 Å². The molecular formula is C20H23NO3S. The molecule has 2 aromatic rings. The SMILES string of the molecule is C=CC[C@H](C(=O)OC)[C@@H](N[S@@](=O)c1ccc(C)cc1)c1ccccc1. The Bertz CT molecular complexity index is 728. The zero-order chi connectivity index (χ0) is 18.2. The second-order valence-electron chi connectivity index (χ2n) is 5.74. The fourth-order valence-electron chi connectivity index (χ4n) is 2.59. The topological polar surface area (TPSA) is 55.4 Å². The zero-order valence-electron chi connectivity index (χ0n) is 14.5. The van der Waals surface area contributed by atoms with E-state index in [4.69, 9.17) is 4.74 Å². The standard InChI is InChI=1S/C20H23NO3S/c1-4-8-18(20(22)24-3)19(16-9-6-5-7-10-16)21-25(23)17-13-11-15(2)12-14-17/h4-7,9-14,18-19,21H,1,8H2,2-3H3/t18-,19-,25-/m0/s1. The number of esters is 1. The fourth-order valence-corrected chi connectivity index (χ4v) is 3.64. The Kier molecular flexibility index (Phi) is 7.10. The molecule has 4 nitrogen and oxygen atoms in total. The molecule has 0 aliphatic carbocycles. The van der Waals surface area contributed by atoms with Gasteiger partial charge in [-0.3, -0.25) is 4.79 Å². The molecule has 0 saturated heterocycles. The summed E-state index contributed by atoms with van der Waals surface area (Å²) < 4.78 is 20.8. The van der Waals surface area contributed by atoms with Crippen LogP contribution in [0.5, 0.6) is 0 Å². The van der Waals surface area contributed by atoms with Crippen molar-refractivity contribution in [3.8, 4) is 0 Å². The van der Waals surface area contributed by atoms with Crippen molar-refractivity contribution in [2.45, 2.75) is 24.3 Å². The molecule has 0 fully saturated rings. The Balaban J connectivity index is 2.33. The first-order chi connectivity index (χ1) is 12.1. The lowest BCUT2D eigenvalue weighted by atomic mass is 9.91. The lowest BCUT2D eigenvalue weighted by molar-refractivity contribution is -0.146. The summed E-state index contributed by atoms with van der Waals surface area (Å²) in [4.78, 5) is 12.9. The van der Waals surface area contributed by atoms with Crippen LogP contribution in [0, 0.1) is 12.8 Å². The van der Waals surface area contributed by atoms with Gasteiger partial charge >= 0.3 is 5.97 Å². The van der Waals surface area contributed by atoms with Crippen LogP contribution in [0.15, 0.2) is 72.1 Å². The van der Waals surface area contributed by atoms with Gasteiger partial charge in [-0.1, -0.05) is 54.1 Å². The average molecular weight is 357 g/mol. The van der Waals surface area contributed by atoms with Gasteiger partial charge in [0.2, 0.25) is 0 Å². The summed E-state index contributed by atoms with van der Waals surface area (Å²) in [6, 6.07) is 16.5. The lowest BCUT2D eigenvalue weighted by Crippen LogP contribution is -2.34. The van der Waals surface area contributed by atoms with Crippen LogP contribution in [-0.2, 0) is 20.5 Å². The molecule has 0 aliphatic rings. The van der Waals surface area contributed by atoms with Crippen LogP contribution in [0.1, 0.15) is 23.6 Å². The Hall–Kier alpha value is -2.24. The number of allylic oxidation sites excluding steroid dienone is 1. The third-order valence-corrected chi connectivity index (χ3v) is 5.12. The number of hydrogen-bond donors (Lipinski definition) is 1. The summed E-state index contributed by atoms with van der Waals surface area (Å²) in [5.74, 6) is -0.874. The molecule has 2 rings (SSSR count). The molecule has 1 N–H and O–H groups in total. The molecule has 0 spiro atoms. The van der Waals surface area contributed by atoms with Crippen LogP contribution >= 0.6 is 0 Å². The third kappa shape index (κ3) is 5.11. The van der Waals surface area contributed by atoms with Gasteiger partial charge in [0, 0.05) is 0 Å². The van der Waals surface area contributed by atoms with E-state index in [2.05, 4.69) is 11.3 Å². The number of rotatable bonds is 8. The number of methoxy groups -OCH3 is 1. The molecule has 2 aromatic carbocycles. The highest BCUT2D eigenvalue weighted by Gasteiger charge is 2.31. The predicted molar refractivity (Wildman–Crippen MR) is 100 cm³/mol. The molecule has 132 valence electrons. The van der Waals surface area contributed by atoms with E-state index in [9.17, 15) is 9.00 Å². The predicted octanol–water partition coefficient (Wildman–Crippen LogP) is 3.71. The molecule has 0 saturated carbocycles. The molecular weight excluding hydrogens is 334 g/mol. The zero-order valence-corrected chi connectivity index (χ0v) is 15.3. The first-order valence-corrected chi connectivity index (χ1v) is 9.20. The van der Waals surface area contributed by atoms with E-state index in [1.807, 2.05) is 61.5 Å². The Morgan fingerprint density at radius 3 is 2.40 bits per heavy atom. The van der Waals surface area contributed by atoms with Crippen LogP contribution < -0.4 is 4.72 Å². The maximum Gasteiger partial charge on any atom is 0.310 e. The number of hydrogen-bond acceptors (Lipinski definition) is 3. The normalized spacial score (nSPS) is 14.3. The first-order valence-electron chi connectivity index (χ1n) is 8.05. The minimum atomic E-state index is -1.46. The number of benzene rings is 2. The van der Waals surface area contributed by atoms with Crippen LogP contribution in [0.4, 0.5) is 0 Å². The molecule has 0 aromatic heterocycles. The van der Waals surface area contributed by atoms with Crippen molar-refractivity contribution in [1.29, 1.82) is 0 Å². The van der Waals surface area contributed by atoms with Gasteiger partial charge in [0.05, 0.1) is 24.0 Å². The minimum absolute atomic E-state index is 0.359. The largest absolute Gasteiger partial charge is 0.469 e. The summed E-state index contributed by atoms with van der Waals surface area (Å²) in [7, 11) is -0.0985. The number of nitrogens with one attached hydrogen (secondary N) is 1. The highest BCUT2D eigenvalue weighted by Crippen LogP contribution is 2.27. The van der Waals surface area contributed by atoms with E-state index in [-0.39, 0.29) is 5.97 Å². The molecule has 0 amide bonds. The third-order valence-electron chi connectivity index (χ3n) is 3.95. The van der Waals surface area contributed by atoms with Gasteiger partial charge < -0.3 is 4.74 Å². The number of carbonyl (C=O) groups is 1. The fraction of sp³-hybridized carbons (Fsp3) is 0.250. The van der Waals surface area contributed by atoms with Crippen molar-refractivity contribution in [3.63, 3.8) is 0 Å². The second kappa shape index (κ2) is 9.30. The Labute approximate surface area is 151 Å². The summed E-state index contributed by atoms with van der Waals surface area (Å²) in [5, 5.41) is 0. The summed E-state index contributed by atoms with van der Waals surface area (Å²) >= 11 is 0. The van der Waals surface area contributed by atoms with Gasteiger partial charge in [-0.15, -0.1) is 6.58 Å². The molecule has 0 bridgehead atoms. The van der Waals surface area contributed by atoms with Gasteiger partial charge in [0.25, 0.3) is 0 Å². The Morgan fingerprint density at radius 1 is 1.20 bits per heavy atom. The average Bonchev–Trinajstić information content (AvgIpc) is 2.65. The molecule has 0 heterocycles. The lowest BCUT2D eigenvalue weighted by Gasteiger charge is -2.25. The van der Waals surface area contributed by atoms with Crippen molar-refractivity contribution in [2.24, 2.45) is 5.92 Å². The molecule has 3 atom stereocenters. The van der Waals surface area contributed by atoms with Crippen molar-refractivity contribution < 1.29 is 13.7 Å². The van der Waals surface area contributed by atoms with E-state index in [0.29, 0.717) is 11.3 Å². The van der Waals surface area contributed by atoms with Crippen LogP contribution in [0.2, 0.25) is 0 Å². The van der Waals surface area contributed by atoms with Crippen molar-refractivity contribution in [2.75, 3.05) is 7.11 Å². The van der Waals surface area contributed by atoms with Crippen LogP contribution in [0.3, 0.4) is 0 Å². The van der Waals surface area contributed by atoms with Crippen LogP contribution in [-0.4, -0.2) is 17.3 Å². The molecule has 0 radical (unpaired) electrons. The molecule has 0 unspecified atom stereocenters. The maximum atomic E-state index is 12.8. The highest BCUT2D eigenvalue weighted by atomic mass is 32.2. The summed E-state index contributed by atoms with van der Waals surface area (Å²) in [6.45, 7) is 5.71.